The third-order valence-electron chi connectivity index (χ3n) is 1.37. The predicted molar refractivity (Wildman–Crippen MR) is 35.4 cm³/mol. The summed E-state index contributed by atoms with van der Waals surface area (Å²) >= 11 is 0. The molecule has 2 heterocycles. The Balaban J connectivity index is 2.84. The van der Waals surface area contributed by atoms with E-state index < -0.39 is 0 Å². The first kappa shape index (κ1) is 5.41. The Bertz CT molecular complexity index is 310. The van der Waals surface area contributed by atoms with Crippen LogP contribution >= 0.6 is 0 Å². The number of hydrogen-bond acceptors (Lipinski definition) is 3. The number of hydrogen-bond donors (Lipinski definition) is 0. The Morgan fingerprint density at radius 2 is 2.50 bits per heavy atom. The normalized spacial score (nSPS) is 14.0. The minimum atomic E-state index is 0.554. The standard InChI is InChI=1S/C7H6N2O/c1-3-8-5-6-2-4-10-9-7(1)6/h1-3,5H,4H2. The van der Waals surface area contributed by atoms with Gasteiger partial charge >= 0.3 is 0 Å². The van der Waals surface area contributed by atoms with Gasteiger partial charge in [-0.1, -0.05) is 5.16 Å². The summed E-state index contributed by atoms with van der Waals surface area (Å²) in [4.78, 5) is 8.79. The van der Waals surface area contributed by atoms with E-state index in [4.69, 9.17) is 4.84 Å². The lowest BCUT2D eigenvalue weighted by atomic mass is 10.3. The van der Waals surface area contributed by atoms with E-state index in [1.807, 2.05) is 12.1 Å². The van der Waals surface area contributed by atoms with Crippen LogP contribution in [0.4, 0.5) is 0 Å². The average Bonchev–Trinajstić information content (AvgIpc) is 2.05. The van der Waals surface area contributed by atoms with E-state index in [1.54, 1.807) is 12.4 Å². The van der Waals surface area contributed by atoms with E-state index in [0.717, 1.165) is 10.6 Å². The second-order valence-corrected chi connectivity index (χ2v) is 2.03. The van der Waals surface area contributed by atoms with Gasteiger partial charge in [0.05, 0.1) is 0 Å². The van der Waals surface area contributed by atoms with Crippen LogP contribution in [0.5, 0.6) is 0 Å². The van der Waals surface area contributed by atoms with E-state index in [2.05, 4.69) is 10.1 Å². The van der Waals surface area contributed by atoms with Crippen LogP contribution in [0.3, 0.4) is 0 Å². The average molecular weight is 134 g/mol. The molecule has 0 N–H and O–H groups in total. The van der Waals surface area contributed by atoms with Crippen LogP contribution < -0.4 is 10.6 Å². The largest absolute Gasteiger partial charge is 0.391 e. The van der Waals surface area contributed by atoms with E-state index in [1.165, 1.54) is 0 Å². The number of rotatable bonds is 0. The highest BCUT2D eigenvalue weighted by atomic mass is 16.6. The molecule has 0 bridgehead atoms. The van der Waals surface area contributed by atoms with Crippen molar-refractivity contribution < 1.29 is 4.84 Å². The first-order chi connectivity index (χ1) is 4.97. The van der Waals surface area contributed by atoms with Crippen molar-refractivity contribution in [3.05, 3.63) is 29.0 Å². The molecule has 0 aliphatic carbocycles. The maximum absolute atomic E-state index is 4.84. The smallest absolute Gasteiger partial charge is 0.136 e. The van der Waals surface area contributed by atoms with Gasteiger partial charge in [-0.05, 0) is 12.1 Å². The number of nitrogens with zero attached hydrogens (tertiary/aromatic N) is 2. The lowest BCUT2D eigenvalue weighted by Crippen LogP contribution is -2.28. The van der Waals surface area contributed by atoms with Crippen LogP contribution in [0.25, 0.3) is 6.08 Å². The maximum Gasteiger partial charge on any atom is 0.136 e. The van der Waals surface area contributed by atoms with Gasteiger partial charge in [0, 0.05) is 17.6 Å². The van der Waals surface area contributed by atoms with Crippen molar-refractivity contribution in [1.82, 2.24) is 4.98 Å². The molecule has 0 amide bonds. The van der Waals surface area contributed by atoms with Crippen LogP contribution in [0.2, 0.25) is 0 Å². The summed E-state index contributed by atoms with van der Waals surface area (Å²) < 4.78 is 0. The summed E-state index contributed by atoms with van der Waals surface area (Å²) in [5.74, 6) is 0. The van der Waals surface area contributed by atoms with Gasteiger partial charge in [-0.25, -0.2) is 0 Å². The molecule has 1 aromatic heterocycles. The van der Waals surface area contributed by atoms with Gasteiger partial charge in [0.1, 0.15) is 12.0 Å². The molecule has 1 aliphatic rings. The molecule has 1 aliphatic heterocycles. The molecule has 0 saturated carbocycles. The molecule has 3 heteroatoms. The molecular formula is C7H6N2O. The summed E-state index contributed by atoms with van der Waals surface area (Å²) in [5, 5.41) is 5.73. The number of aromatic nitrogens is 1. The van der Waals surface area contributed by atoms with Crippen molar-refractivity contribution >= 4 is 6.08 Å². The van der Waals surface area contributed by atoms with Crippen LogP contribution in [-0.4, -0.2) is 11.6 Å². The molecule has 50 valence electrons. The summed E-state index contributed by atoms with van der Waals surface area (Å²) in [7, 11) is 0. The first-order valence-electron chi connectivity index (χ1n) is 3.07. The second kappa shape index (κ2) is 2.10. The van der Waals surface area contributed by atoms with Gasteiger partial charge in [-0.3, -0.25) is 4.98 Å². The fraction of sp³-hybridized carbons (Fsp3) is 0.143. The van der Waals surface area contributed by atoms with Gasteiger partial charge in [0.15, 0.2) is 0 Å². The summed E-state index contributed by atoms with van der Waals surface area (Å²) in [6.45, 7) is 0.554. The molecule has 0 spiro atoms. The molecule has 10 heavy (non-hydrogen) atoms. The minimum Gasteiger partial charge on any atom is -0.391 e. The van der Waals surface area contributed by atoms with Crippen LogP contribution in [0, 0.1) is 0 Å². The van der Waals surface area contributed by atoms with E-state index in [9.17, 15) is 0 Å². The monoisotopic (exact) mass is 134 g/mol. The SMILES string of the molecule is C1=c2cnccc2=NOC1. The van der Waals surface area contributed by atoms with Crippen LogP contribution in [0.1, 0.15) is 0 Å². The van der Waals surface area contributed by atoms with Crippen LogP contribution in [-0.2, 0) is 4.84 Å². The van der Waals surface area contributed by atoms with Crippen molar-refractivity contribution in [3.8, 4) is 0 Å². The summed E-state index contributed by atoms with van der Waals surface area (Å²) in [6.07, 6.45) is 5.43. The van der Waals surface area contributed by atoms with Crippen molar-refractivity contribution in [3.63, 3.8) is 0 Å². The van der Waals surface area contributed by atoms with Crippen molar-refractivity contribution in [1.29, 1.82) is 0 Å². The summed E-state index contributed by atoms with van der Waals surface area (Å²) in [6, 6.07) is 1.82. The van der Waals surface area contributed by atoms with Crippen molar-refractivity contribution in [2.75, 3.05) is 6.61 Å². The molecule has 0 aromatic carbocycles. The van der Waals surface area contributed by atoms with E-state index in [-0.39, 0.29) is 0 Å². The van der Waals surface area contributed by atoms with Gasteiger partial charge in [0.2, 0.25) is 0 Å². The Labute approximate surface area is 57.6 Å². The highest BCUT2D eigenvalue weighted by Gasteiger charge is 1.91. The van der Waals surface area contributed by atoms with Gasteiger partial charge < -0.3 is 4.84 Å². The Morgan fingerprint density at radius 3 is 3.40 bits per heavy atom. The Morgan fingerprint density at radius 1 is 1.50 bits per heavy atom. The first-order valence-corrected chi connectivity index (χ1v) is 3.07. The molecule has 0 atom stereocenters. The van der Waals surface area contributed by atoms with Crippen molar-refractivity contribution in [2.24, 2.45) is 5.16 Å². The molecule has 0 saturated heterocycles. The molecule has 0 unspecified atom stereocenters. The van der Waals surface area contributed by atoms with Crippen molar-refractivity contribution in [2.45, 2.75) is 0 Å². The zero-order valence-corrected chi connectivity index (χ0v) is 5.32. The highest BCUT2D eigenvalue weighted by Crippen LogP contribution is 1.78. The fourth-order valence-electron chi connectivity index (χ4n) is 0.874. The molecular weight excluding hydrogens is 128 g/mol. The number of fused-ring (bicyclic) bond motifs is 1. The summed E-state index contributed by atoms with van der Waals surface area (Å²) in [5.41, 5.74) is 0. The molecule has 0 fully saturated rings. The third kappa shape index (κ3) is 0.757. The quantitative estimate of drug-likeness (QED) is 0.476. The van der Waals surface area contributed by atoms with Crippen LogP contribution in [0.15, 0.2) is 23.6 Å². The Kier molecular flexibility index (Phi) is 1.13. The van der Waals surface area contributed by atoms with E-state index in [0.29, 0.717) is 6.61 Å². The molecule has 1 aromatic rings. The van der Waals surface area contributed by atoms with E-state index >= 15 is 0 Å². The molecule has 2 rings (SSSR count). The lowest BCUT2D eigenvalue weighted by molar-refractivity contribution is 0.166. The zero-order chi connectivity index (χ0) is 6.81. The Hall–Kier alpha value is -1.38. The molecule has 0 radical (unpaired) electrons. The van der Waals surface area contributed by atoms with Gasteiger partial charge in [-0.15, -0.1) is 0 Å². The van der Waals surface area contributed by atoms with Gasteiger partial charge in [0.25, 0.3) is 0 Å². The minimum absolute atomic E-state index is 0.554. The third-order valence-corrected chi connectivity index (χ3v) is 1.37. The highest BCUT2D eigenvalue weighted by molar-refractivity contribution is 5.22. The number of pyridine rings is 1. The predicted octanol–water partition coefficient (Wildman–Crippen LogP) is -0.573. The second-order valence-electron chi connectivity index (χ2n) is 2.03. The zero-order valence-electron chi connectivity index (χ0n) is 5.32. The molecule has 3 nitrogen and oxygen atoms in total. The maximum atomic E-state index is 4.84. The lowest BCUT2D eigenvalue weighted by Gasteiger charge is -1.97. The topological polar surface area (TPSA) is 34.5 Å². The fourth-order valence-corrected chi connectivity index (χ4v) is 0.874. The van der Waals surface area contributed by atoms with Gasteiger partial charge in [-0.2, -0.15) is 0 Å².